The smallest absolute Gasteiger partial charge is 0.148 e. The number of nitrogens with two attached hydrogens (primary N) is 1. The molecule has 0 unspecified atom stereocenters. The van der Waals surface area contributed by atoms with Gasteiger partial charge in [-0.15, -0.1) is 0 Å². The van der Waals surface area contributed by atoms with Crippen LogP contribution in [0.5, 0.6) is 0 Å². The molecule has 4 heteroatoms. The van der Waals surface area contributed by atoms with E-state index in [0.717, 1.165) is 0 Å². The molecule has 0 aliphatic carbocycles. The molecule has 3 nitrogen and oxygen atoms in total. The van der Waals surface area contributed by atoms with Gasteiger partial charge in [0.15, 0.2) is 0 Å². The summed E-state index contributed by atoms with van der Waals surface area (Å²) in [6, 6.07) is 4.88. The monoisotopic (exact) mass is 226 g/mol. The molecule has 16 heavy (non-hydrogen) atoms. The van der Waals surface area contributed by atoms with Crippen LogP contribution in [0.15, 0.2) is 18.2 Å². The Morgan fingerprint density at radius 3 is 2.62 bits per heavy atom. The fourth-order valence-electron chi connectivity index (χ4n) is 1.65. The molecule has 1 rings (SSSR count). The van der Waals surface area contributed by atoms with Gasteiger partial charge in [-0.05, 0) is 38.5 Å². The molecular weight excluding hydrogens is 207 g/mol. The normalized spacial score (nSPS) is 10.8. The fraction of sp³-hybridized carbons (Fsp3) is 0.500. The molecule has 0 aromatic heterocycles. The molecule has 0 saturated carbocycles. The Morgan fingerprint density at radius 2 is 2.12 bits per heavy atom. The molecule has 0 heterocycles. The molecule has 0 atom stereocenters. The number of nitrogens with zero attached hydrogens (tertiary/aromatic N) is 1. The van der Waals surface area contributed by atoms with Crippen molar-refractivity contribution in [1.82, 2.24) is 0 Å². The van der Waals surface area contributed by atoms with Crippen LogP contribution < -0.4 is 10.6 Å². The molecule has 0 bridgehead atoms. The minimum atomic E-state index is -0.313. The van der Waals surface area contributed by atoms with Crippen LogP contribution in [-0.2, 0) is 0 Å². The van der Waals surface area contributed by atoms with Crippen molar-refractivity contribution in [3.63, 3.8) is 0 Å². The zero-order valence-corrected chi connectivity index (χ0v) is 9.78. The van der Waals surface area contributed by atoms with Gasteiger partial charge in [0.1, 0.15) is 5.82 Å². The number of benzene rings is 1. The molecule has 0 aliphatic heterocycles. The van der Waals surface area contributed by atoms with Crippen molar-refractivity contribution in [2.24, 2.45) is 0 Å². The maximum atomic E-state index is 13.7. The quantitative estimate of drug-likeness (QED) is 0.755. The third-order valence-electron chi connectivity index (χ3n) is 2.46. The van der Waals surface area contributed by atoms with E-state index in [4.69, 9.17) is 10.8 Å². The second-order valence-electron chi connectivity index (χ2n) is 4.08. The van der Waals surface area contributed by atoms with Crippen molar-refractivity contribution in [3.05, 3.63) is 24.0 Å². The molecule has 0 aliphatic rings. The maximum absolute atomic E-state index is 13.7. The van der Waals surface area contributed by atoms with Crippen molar-refractivity contribution >= 4 is 11.4 Å². The highest BCUT2D eigenvalue weighted by atomic mass is 19.1. The van der Waals surface area contributed by atoms with Gasteiger partial charge in [-0.1, -0.05) is 0 Å². The van der Waals surface area contributed by atoms with Crippen LogP contribution >= 0.6 is 0 Å². The van der Waals surface area contributed by atoms with Gasteiger partial charge >= 0.3 is 0 Å². The highest BCUT2D eigenvalue weighted by Crippen LogP contribution is 2.23. The minimum Gasteiger partial charge on any atom is -0.399 e. The third kappa shape index (κ3) is 3.10. The molecule has 0 spiro atoms. The topological polar surface area (TPSA) is 49.5 Å². The van der Waals surface area contributed by atoms with Crippen molar-refractivity contribution < 1.29 is 9.50 Å². The lowest BCUT2D eigenvalue weighted by molar-refractivity contribution is 0.288. The first-order chi connectivity index (χ1) is 7.56. The van der Waals surface area contributed by atoms with Crippen LogP contribution in [0.1, 0.15) is 20.3 Å². The summed E-state index contributed by atoms with van der Waals surface area (Å²) in [4.78, 5) is 1.92. The number of halogens is 1. The van der Waals surface area contributed by atoms with Crippen LogP contribution in [0.2, 0.25) is 0 Å². The van der Waals surface area contributed by atoms with Gasteiger partial charge in [-0.25, -0.2) is 4.39 Å². The first-order valence-electron chi connectivity index (χ1n) is 5.48. The summed E-state index contributed by atoms with van der Waals surface area (Å²) in [7, 11) is 0. The van der Waals surface area contributed by atoms with Gasteiger partial charge in [0.25, 0.3) is 0 Å². The zero-order chi connectivity index (χ0) is 12.1. The molecule has 90 valence electrons. The van der Waals surface area contributed by atoms with Crippen LogP contribution in [0.25, 0.3) is 0 Å². The molecule has 1 aromatic rings. The summed E-state index contributed by atoms with van der Waals surface area (Å²) in [6.07, 6.45) is 0.627. The minimum absolute atomic E-state index is 0.111. The number of aliphatic hydroxyl groups excluding tert-OH is 1. The summed E-state index contributed by atoms with van der Waals surface area (Å²) >= 11 is 0. The number of rotatable bonds is 5. The second-order valence-corrected chi connectivity index (χ2v) is 4.08. The van der Waals surface area contributed by atoms with E-state index in [1.165, 1.54) is 6.07 Å². The Bertz CT molecular complexity index is 342. The van der Waals surface area contributed by atoms with Crippen LogP contribution in [-0.4, -0.2) is 24.3 Å². The highest BCUT2D eigenvalue weighted by Gasteiger charge is 2.14. The number of anilines is 2. The first-order valence-corrected chi connectivity index (χ1v) is 5.48. The summed E-state index contributed by atoms with van der Waals surface area (Å²) in [5.41, 5.74) is 6.47. The number of aliphatic hydroxyl groups is 1. The summed E-state index contributed by atoms with van der Waals surface area (Å²) in [5, 5.41) is 8.82. The molecule has 0 saturated heterocycles. The van der Waals surface area contributed by atoms with E-state index in [1.807, 2.05) is 18.7 Å². The van der Waals surface area contributed by atoms with E-state index in [1.54, 1.807) is 12.1 Å². The Kier molecular flexibility index (Phi) is 4.55. The van der Waals surface area contributed by atoms with Crippen molar-refractivity contribution in [1.29, 1.82) is 0 Å². The van der Waals surface area contributed by atoms with E-state index in [2.05, 4.69) is 0 Å². The molecular formula is C12H19FN2O. The summed E-state index contributed by atoms with van der Waals surface area (Å²) < 4.78 is 13.7. The van der Waals surface area contributed by atoms with Crippen LogP contribution in [0.4, 0.5) is 15.8 Å². The Hall–Kier alpha value is -1.29. The molecule has 3 N–H and O–H groups in total. The SMILES string of the molecule is CC(C)N(CCCO)c1ccc(N)cc1F. The summed E-state index contributed by atoms with van der Waals surface area (Å²) in [5.74, 6) is -0.313. The van der Waals surface area contributed by atoms with Crippen molar-refractivity contribution in [3.8, 4) is 0 Å². The lowest BCUT2D eigenvalue weighted by atomic mass is 10.2. The number of hydrogen-bond acceptors (Lipinski definition) is 3. The summed E-state index contributed by atoms with van der Waals surface area (Å²) in [6.45, 7) is 4.73. The van der Waals surface area contributed by atoms with Gasteiger partial charge in [-0.3, -0.25) is 0 Å². The maximum Gasteiger partial charge on any atom is 0.148 e. The predicted octanol–water partition coefficient (Wildman–Crippen LogP) is 2.01. The zero-order valence-electron chi connectivity index (χ0n) is 9.78. The van der Waals surface area contributed by atoms with Crippen molar-refractivity contribution in [2.45, 2.75) is 26.3 Å². The third-order valence-corrected chi connectivity index (χ3v) is 2.46. The second kappa shape index (κ2) is 5.70. The fourth-order valence-corrected chi connectivity index (χ4v) is 1.65. The Morgan fingerprint density at radius 1 is 1.44 bits per heavy atom. The van der Waals surface area contributed by atoms with E-state index in [-0.39, 0.29) is 18.5 Å². The first kappa shape index (κ1) is 12.8. The van der Waals surface area contributed by atoms with Gasteiger partial charge in [-0.2, -0.15) is 0 Å². The average Bonchev–Trinajstić information content (AvgIpc) is 2.20. The van der Waals surface area contributed by atoms with Crippen LogP contribution in [0.3, 0.4) is 0 Å². The molecule has 0 radical (unpaired) electrons. The highest BCUT2D eigenvalue weighted by molar-refractivity contribution is 5.54. The van der Waals surface area contributed by atoms with E-state index in [9.17, 15) is 4.39 Å². The lowest BCUT2D eigenvalue weighted by Crippen LogP contribution is -2.32. The van der Waals surface area contributed by atoms with Gasteiger partial charge in [0.05, 0.1) is 5.69 Å². The lowest BCUT2D eigenvalue weighted by Gasteiger charge is -2.29. The van der Waals surface area contributed by atoms with Crippen molar-refractivity contribution in [2.75, 3.05) is 23.8 Å². The molecule has 0 amide bonds. The van der Waals surface area contributed by atoms with E-state index < -0.39 is 0 Å². The van der Waals surface area contributed by atoms with E-state index >= 15 is 0 Å². The average molecular weight is 226 g/mol. The van der Waals surface area contributed by atoms with E-state index in [0.29, 0.717) is 24.3 Å². The van der Waals surface area contributed by atoms with Gasteiger partial charge in [0.2, 0.25) is 0 Å². The molecule has 0 fully saturated rings. The predicted molar refractivity (Wildman–Crippen MR) is 65.0 cm³/mol. The van der Waals surface area contributed by atoms with Crippen LogP contribution in [0, 0.1) is 5.82 Å². The number of nitrogen functional groups attached to an aromatic ring is 1. The van der Waals surface area contributed by atoms with Gasteiger partial charge < -0.3 is 15.7 Å². The number of hydrogen-bond donors (Lipinski definition) is 2. The molecule has 1 aromatic carbocycles. The standard InChI is InChI=1S/C12H19FN2O/c1-9(2)15(6-3-7-16)12-5-4-10(14)8-11(12)13/h4-5,8-9,16H,3,6-7,14H2,1-2H3. The largest absolute Gasteiger partial charge is 0.399 e. The van der Waals surface area contributed by atoms with Gasteiger partial charge in [0, 0.05) is 24.9 Å². The Labute approximate surface area is 95.7 Å². The Balaban J connectivity index is 2.92.